The predicted molar refractivity (Wildman–Crippen MR) is 132 cm³/mol. The van der Waals surface area contributed by atoms with Gasteiger partial charge in [0.2, 0.25) is 0 Å². The summed E-state index contributed by atoms with van der Waals surface area (Å²) in [6.07, 6.45) is 0. The highest BCUT2D eigenvalue weighted by molar-refractivity contribution is 7.10. The van der Waals surface area contributed by atoms with Crippen LogP contribution in [0.3, 0.4) is 0 Å². The minimum absolute atomic E-state index is 0.195. The number of aromatic amines is 1. The van der Waals surface area contributed by atoms with E-state index in [-0.39, 0.29) is 17.3 Å². The van der Waals surface area contributed by atoms with Crippen molar-refractivity contribution >= 4 is 28.1 Å². The summed E-state index contributed by atoms with van der Waals surface area (Å²) in [7, 11) is 0. The zero-order chi connectivity index (χ0) is 22.3. The second-order valence-corrected chi connectivity index (χ2v) is 8.16. The summed E-state index contributed by atoms with van der Waals surface area (Å²) in [5.74, 6) is 1.91. The number of hydrogen-bond acceptors (Lipinski definition) is 5. The normalized spacial score (nSPS) is 12.3. The first-order chi connectivity index (χ1) is 15.6. The van der Waals surface area contributed by atoms with Gasteiger partial charge in [-0.1, -0.05) is 55.5 Å². The fourth-order valence-electron chi connectivity index (χ4n) is 3.19. The van der Waals surface area contributed by atoms with Gasteiger partial charge >= 0.3 is 0 Å². The fourth-order valence-corrected chi connectivity index (χ4v) is 3.95. The van der Waals surface area contributed by atoms with E-state index in [9.17, 15) is 4.79 Å². The van der Waals surface area contributed by atoms with Crippen molar-refractivity contribution in [1.82, 2.24) is 4.37 Å². The Morgan fingerprint density at radius 2 is 1.62 bits per heavy atom. The van der Waals surface area contributed by atoms with Crippen LogP contribution in [0, 0.1) is 0 Å². The average molecular weight is 445 g/mol. The van der Waals surface area contributed by atoms with Gasteiger partial charge in [0, 0.05) is 18.2 Å². The maximum Gasteiger partial charge on any atom is 0.271 e. The number of para-hydroxylation sites is 1. The van der Waals surface area contributed by atoms with Crippen LogP contribution in [-0.4, -0.2) is 16.8 Å². The molecule has 4 rings (SSSR count). The average Bonchev–Trinajstić information content (AvgIpc) is 3.19. The van der Waals surface area contributed by atoms with Gasteiger partial charge in [-0.15, -0.1) is 0 Å². The van der Waals surface area contributed by atoms with Gasteiger partial charge in [-0.3, -0.25) is 14.2 Å². The summed E-state index contributed by atoms with van der Waals surface area (Å²) < 4.78 is 8.56. The van der Waals surface area contributed by atoms with E-state index in [2.05, 4.69) is 33.7 Å². The molecule has 0 aliphatic carbocycles. The molecule has 7 heteroatoms. The molecule has 0 saturated heterocycles. The molecule has 0 aliphatic rings. The topological polar surface area (TPSA) is 92.5 Å². The van der Waals surface area contributed by atoms with Crippen LogP contribution in [0.4, 0.5) is 10.7 Å². The monoisotopic (exact) mass is 444 g/mol. The molecule has 0 spiro atoms. The van der Waals surface area contributed by atoms with E-state index >= 15 is 0 Å². The quantitative estimate of drug-likeness (QED) is 0.248. The number of benzene rings is 3. The molecule has 1 unspecified atom stereocenters. The minimum atomic E-state index is -0.254. The number of aromatic nitrogens is 1. The molecule has 0 amide bonds. The minimum Gasteiger partial charge on any atom is -0.457 e. The second kappa shape index (κ2) is 9.98. The van der Waals surface area contributed by atoms with Crippen molar-refractivity contribution in [2.75, 3.05) is 11.9 Å². The second-order valence-electron chi connectivity index (χ2n) is 7.34. The Balaban J connectivity index is 1.46. The number of nitrogens with zero attached hydrogens (tertiary/aromatic N) is 1. The van der Waals surface area contributed by atoms with E-state index in [4.69, 9.17) is 10.5 Å². The SMILES string of the molecule is CC(CN=C(N)c1c(Nc2ccc(Oc3ccccc3)cc2)s[nH]c1=O)c1ccccc1. The maximum atomic E-state index is 12.4. The van der Waals surface area contributed by atoms with Crippen LogP contribution in [0.25, 0.3) is 0 Å². The highest BCUT2D eigenvalue weighted by Gasteiger charge is 2.15. The van der Waals surface area contributed by atoms with Gasteiger partial charge < -0.3 is 15.8 Å². The van der Waals surface area contributed by atoms with Gasteiger partial charge in [-0.05, 0) is 53.5 Å². The van der Waals surface area contributed by atoms with Crippen molar-refractivity contribution in [2.24, 2.45) is 10.7 Å². The standard InChI is InChI=1S/C25H24N4O2S/c1-17(18-8-4-2-5-9-18)16-27-23(26)22-24(30)29-32-25(22)28-19-12-14-21(15-13-19)31-20-10-6-3-7-11-20/h2-15,17,28H,16H2,1H3,(H2,26,27)(H,29,30). The summed E-state index contributed by atoms with van der Waals surface area (Å²) in [6.45, 7) is 2.58. The van der Waals surface area contributed by atoms with E-state index < -0.39 is 0 Å². The molecule has 32 heavy (non-hydrogen) atoms. The maximum absolute atomic E-state index is 12.4. The molecule has 0 saturated carbocycles. The Labute approximate surface area is 190 Å². The molecule has 0 radical (unpaired) electrons. The number of rotatable bonds is 8. The molecule has 0 fully saturated rings. The fraction of sp³-hybridized carbons (Fsp3) is 0.120. The predicted octanol–water partition coefficient (Wildman–Crippen LogP) is 5.48. The van der Waals surface area contributed by atoms with E-state index in [1.165, 1.54) is 17.1 Å². The van der Waals surface area contributed by atoms with Crippen LogP contribution < -0.4 is 21.3 Å². The Morgan fingerprint density at radius 3 is 2.31 bits per heavy atom. The number of aliphatic imine (C=N–C) groups is 1. The molecule has 0 aliphatic heterocycles. The van der Waals surface area contributed by atoms with Crippen molar-refractivity contribution in [3.63, 3.8) is 0 Å². The van der Waals surface area contributed by atoms with E-state index in [0.717, 1.165) is 17.2 Å². The van der Waals surface area contributed by atoms with Gasteiger partial charge in [-0.25, -0.2) is 0 Å². The molecular formula is C25H24N4O2S. The first kappa shape index (κ1) is 21.4. The Bertz CT molecular complexity index is 1230. The number of amidine groups is 1. The Hall–Kier alpha value is -3.84. The first-order valence-electron chi connectivity index (χ1n) is 10.3. The van der Waals surface area contributed by atoms with Crippen LogP contribution in [0.15, 0.2) is 94.7 Å². The van der Waals surface area contributed by atoms with Crippen molar-refractivity contribution in [2.45, 2.75) is 12.8 Å². The van der Waals surface area contributed by atoms with Gasteiger partial charge in [0.15, 0.2) is 0 Å². The lowest BCUT2D eigenvalue weighted by Crippen LogP contribution is -2.23. The highest BCUT2D eigenvalue weighted by atomic mass is 32.1. The summed E-state index contributed by atoms with van der Waals surface area (Å²) in [6, 6.07) is 27.2. The lowest BCUT2D eigenvalue weighted by Gasteiger charge is -2.10. The molecule has 6 nitrogen and oxygen atoms in total. The summed E-state index contributed by atoms with van der Waals surface area (Å²) >= 11 is 1.20. The van der Waals surface area contributed by atoms with Gasteiger partial charge in [0.05, 0.1) is 0 Å². The largest absolute Gasteiger partial charge is 0.457 e. The van der Waals surface area contributed by atoms with Crippen molar-refractivity contribution in [3.05, 3.63) is 106 Å². The number of hydrogen-bond donors (Lipinski definition) is 3. The van der Waals surface area contributed by atoms with Crippen LogP contribution >= 0.6 is 11.5 Å². The summed E-state index contributed by atoms with van der Waals surface area (Å²) in [5, 5.41) is 3.88. The van der Waals surface area contributed by atoms with Crippen molar-refractivity contribution in [1.29, 1.82) is 0 Å². The molecule has 0 bridgehead atoms. The lowest BCUT2D eigenvalue weighted by molar-refractivity contribution is 0.483. The van der Waals surface area contributed by atoms with E-state index in [0.29, 0.717) is 17.1 Å². The molecule has 3 aromatic carbocycles. The smallest absolute Gasteiger partial charge is 0.271 e. The molecule has 4 N–H and O–H groups in total. The van der Waals surface area contributed by atoms with E-state index in [1.54, 1.807) is 0 Å². The highest BCUT2D eigenvalue weighted by Crippen LogP contribution is 2.26. The third kappa shape index (κ3) is 5.25. The van der Waals surface area contributed by atoms with Gasteiger partial charge in [0.1, 0.15) is 27.9 Å². The van der Waals surface area contributed by atoms with Gasteiger partial charge in [-0.2, -0.15) is 0 Å². The number of nitrogens with one attached hydrogen (secondary N) is 2. The third-order valence-electron chi connectivity index (χ3n) is 4.95. The van der Waals surface area contributed by atoms with Crippen molar-refractivity contribution in [3.8, 4) is 11.5 Å². The van der Waals surface area contributed by atoms with Gasteiger partial charge in [0.25, 0.3) is 5.56 Å². The summed E-state index contributed by atoms with van der Waals surface area (Å²) in [4.78, 5) is 16.9. The first-order valence-corrected chi connectivity index (χ1v) is 11.1. The Kier molecular flexibility index (Phi) is 6.67. The summed E-state index contributed by atoms with van der Waals surface area (Å²) in [5.41, 5.74) is 8.31. The molecule has 1 aromatic heterocycles. The lowest BCUT2D eigenvalue weighted by atomic mass is 10.0. The number of H-pyrrole nitrogens is 1. The molecule has 162 valence electrons. The number of anilines is 2. The number of ether oxygens (including phenoxy) is 1. The zero-order valence-corrected chi connectivity index (χ0v) is 18.4. The molecular weight excluding hydrogens is 420 g/mol. The van der Waals surface area contributed by atoms with Crippen LogP contribution in [0.5, 0.6) is 11.5 Å². The molecule has 4 aromatic rings. The van der Waals surface area contributed by atoms with E-state index in [1.807, 2.05) is 72.8 Å². The van der Waals surface area contributed by atoms with Crippen LogP contribution in [0.1, 0.15) is 24.0 Å². The number of nitrogens with two attached hydrogens (primary N) is 1. The van der Waals surface area contributed by atoms with Crippen LogP contribution in [-0.2, 0) is 0 Å². The zero-order valence-electron chi connectivity index (χ0n) is 17.6. The van der Waals surface area contributed by atoms with Crippen LogP contribution in [0.2, 0.25) is 0 Å². The molecule has 1 atom stereocenters. The van der Waals surface area contributed by atoms with Crippen molar-refractivity contribution < 1.29 is 4.74 Å². The molecule has 1 heterocycles. The Morgan fingerprint density at radius 1 is 1.00 bits per heavy atom. The third-order valence-corrected chi connectivity index (χ3v) is 5.75.